The van der Waals surface area contributed by atoms with Gasteiger partial charge in [-0.25, -0.2) is 0 Å². The topological polar surface area (TPSA) is 38.3 Å². The Labute approximate surface area is 103 Å². The molecular weight excluding hydrogens is 233 g/mol. The van der Waals surface area contributed by atoms with Gasteiger partial charge in [-0.15, -0.1) is 0 Å². The van der Waals surface area contributed by atoms with Gasteiger partial charge in [-0.05, 0) is 31.9 Å². The molecule has 0 aromatic heterocycles. The summed E-state index contributed by atoms with van der Waals surface area (Å²) in [5.41, 5.74) is 0.944. The largest absolute Gasteiger partial charge is 0.439 e. The van der Waals surface area contributed by atoms with Crippen molar-refractivity contribution in [1.82, 2.24) is 0 Å². The van der Waals surface area contributed by atoms with Crippen molar-refractivity contribution in [2.45, 2.75) is 38.9 Å². The van der Waals surface area contributed by atoms with Gasteiger partial charge in [0.25, 0.3) is 7.37 Å². The number of benzene rings is 1. The second kappa shape index (κ2) is 4.38. The lowest BCUT2D eigenvalue weighted by Crippen LogP contribution is -2.39. The van der Waals surface area contributed by atoms with Crippen LogP contribution in [0.5, 0.6) is 5.75 Å². The van der Waals surface area contributed by atoms with Crippen LogP contribution in [0.3, 0.4) is 0 Å². The molecule has 2 unspecified atom stereocenters. The van der Waals surface area contributed by atoms with Crippen molar-refractivity contribution in [2.24, 2.45) is 0 Å². The monoisotopic (exact) mass is 253 g/mol. The van der Waals surface area contributed by atoms with Crippen molar-refractivity contribution in [1.29, 1.82) is 0 Å². The number of para-hydroxylation sites is 2. The zero-order valence-corrected chi connectivity index (χ0v) is 11.6. The molecule has 3 nitrogen and oxygen atoms in total. The summed E-state index contributed by atoms with van der Waals surface area (Å²) in [6, 6.07) is 7.71. The highest BCUT2D eigenvalue weighted by Crippen LogP contribution is 2.64. The van der Waals surface area contributed by atoms with E-state index in [0.29, 0.717) is 6.16 Å². The Balaban J connectivity index is 2.45. The van der Waals surface area contributed by atoms with Gasteiger partial charge < -0.3 is 9.84 Å². The summed E-state index contributed by atoms with van der Waals surface area (Å²) in [5.74, 6) is 0.718. The lowest BCUT2D eigenvalue weighted by molar-refractivity contribution is 0.428. The summed E-state index contributed by atoms with van der Waals surface area (Å²) in [4.78, 5) is 0. The van der Waals surface area contributed by atoms with Gasteiger partial charge in [0.15, 0.2) is 0 Å². The van der Waals surface area contributed by atoms with Crippen LogP contribution in [0.25, 0.3) is 0 Å². The van der Waals surface area contributed by atoms with Crippen molar-refractivity contribution >= 4 is 13.1 Å². The van der Waals surface area contributed by atoms with Gasteiger partial charge in [0.1, 0.15) is 11.0 Å². The molecule has 2 atom stereocenters. The molecule has 1 N–H and O–H groups in total. The second-order valence-corrected chi connectivity index (χ2v) is 7.70. The van der Waals surface area contributed by atoms with Crippen LogP contribution in [-0.4, -0.2) is 11.4 Å². The summed E-state index contributed by atoms with van der Waals surface area (Å²) in [6.45, 7) is 6.09. The summed E-state index contributed by atoms with van der Waals surface area (Å²) < 4.78 is 18.9. The van der Waals surface area contributed by atoms with Crippen molar-refractivity contribution < 1.29 is 9.09 Å². The Morgan fingerprint density at radius 2 is 2.06 bits per heavy atom. The Kier molecular flexibility index (Phi) is 3.22. The number of hydrogen-bond donors (Lipinski definition) is 1. The van der Waals surface area contributed by atoms with Crippen molar-refractivity contribution in [3.63, 3.8) is 0 Å². The van der Waals surface area contributed by atoms with Gasteiger partial charge in [-0.3, -0.25) is 4.57 Å². The van der Waals surface area contributed by atoms with Crippen LogP contribution in [-0.2, 0) is 4.57 Å². The van der Waals surface area contributed by atoms with Crippen LogP contribution in [0.2, 0.25) is 0 Å². The third-order valence-electron chi connectivity index (χ3n) is 3.50. The Morgan fingerprint density at radius 3 is 2.71 bits per heavy atom. The highest BCUT2D eigenvalue weighted by Gasteiger charge is 2.48. The first kappa shape index (κ1) is 12.5. The first-order chi connectivity index (χ1) is 8.04. The molecule has 0 saturated carbocycles. The lowest BCUT2D eigenvalue weighted by Gasteiger charge is -2.42. The molecule has 0 spiro atoms. The van der Waals surface area contributed by atoms with Crippen LogP contribution in [0, 0.1) is 0 Å². The predicted octanol–water partition coefficient (Wildman–Crippen LogP) is 4.31. The van der Waals surface area contributed by atoms with E-state index >= 15 is 0 Å². The first-order valence-corrected chi connectivity index (χ1v) is 8.01. The Morgan fingerprint density at radius 1 is 1.35 bits per heavy atom. The maximum absolute atomic E-state index is 13.0. The van der Waals surface area contributed by atoms with E-state index in [2.05, 4.69) is 5.32 Å². The molecule has 4 heteroatoms. The molecule has 94 valence electrons. The molecule has 0 amide bonds. The van der Waals surface area contributed by atoms with Crippen LogP contribution >= 0.6 is 7.37 Å². The fraction of sp³-hybridized carbons (Fsp3) is 0.538. The lowest BCUT2D eigenvalue weighted by atomic mass is 10.2. The number of fused-ring (bicyclic) bond motifs is 1. The molecule has 1 aromatic rings. The third kappa shape index (κ3) is 1.97. The standard InChI is InChI=1S/C13H20NO2P/c1-4-10-17(15)13(3,5-2)14-11-8-6-7-9-12(11)16-17/h6-9,14H,4-5,10H2,1-3H3. The van der Waals surface area contributed by atoms with Gasteiger partial charge >= 0.3 is 0 Å². The van der Waals surface area contributed by atoms with E-state index in [0.717, 1.165) is 24.3 Å². The van der Waals surface area contributed by atoms with Gasteiger partial charge in [-0.2, -0.15) is 0 Å². The molecule has 0 saturated heterocycles. The minimum atomic E-state index is -2.68. The molecule has 1 aromatic carbocycles. The van der Waals surface area contributed by atoms with E-state index in [4.69, 9.17) is 4.52 Å². The minimum absolute atomic E-state index is 0.447. The summed E-state index contributed by atoms with van der Waals surface area (Å²) >= 11 is 0. The fourth-order valence-electron chi connectivity index (χ4n) is 2.20. The molecular formula is C13H20NO2P. The minimum Gasteiger partial charge on any atom is -0.439 e. The molecule has 17 heavy (non-hydrogen) atoms. The Bertz CT molecular complexity index is 460. The average molecular weight is 253 g/mol. The normalized spacial score (nSPS) is 31.2. The van der Waals surface area contributed by atoms with Crippen LogP contribution in [0.15, 0.2) is 24.3 Å². The fourth-order valence-corrected chi connectivity index (χ4v) is 4.83. The maximum atomic E-state index is 13.0. The van der Waals surface area contributed by atoms with E-state index < -0.39 is 12.6 Å². The number of anilines is 1. The zero-order chi connectivity index (χ0) is 12.5. The highest BCUT2D eigenvalue weighted by atomic mass is 31.2. The number of nitrogens with one attached hydrogen (secondary N) is 1. The van der Waals surface area contributed by atoms with E-state index in [9.17, 15) is 4.57 Å². The molecule has 1 aliphatic heterocycles. The molecule has 1 aliphatic rings. The van der Waals surface area contributed by atoms with Crippen LogP contribution in [0.1, 0.15) is 33.6 Å². The van der Waals surface area contributed by atoms with Crippen molar-refractivity contribution in [2.75, 3.05) is 11.5 Å². The predicted molar refractivity (Wildman–Crippen MR) is 72.2 cm³/mol. The SMILES string of the molecule is CCCP1(=O)Oc2ccccc2NC1(C)CC. The van der Waals surface area contributed by atoms with Crippen LogP contribution in [0.4, 0.5) is 5.69 Å². The molecule has 0 aliphatic carbocycles. The van der Waals surface area contributed by atoms with Gasteiger partial charge in [0, 0.05) is 6.16 Å². The smallest absolute Gasteiger partial charge is 0.272 e. The molecule has 1 heterocycles. The van der Waals surface area contributed by atoms with Gasteiger partial charge in [0.2, 0.25) is 0 Å². The summed E-state index contributed by atoms with van der Waals surface area (Å²) in [5, 5.41) is 2.96. The maximum Gasteiger partial charge on any atom is 0.272 e. The number of hydrogen-bond acceptors (Lipinski definition) is 3. The van der Waals surface area contributed by atoms with E-state index in [1.54, 1.807) is 0 Å². The molecule has 0 bridgehead atoms. The van der Waals surface area contributed by atoms with E-state index in [-0.39, 0.29) is 0 Å². The Hall–Kier alpha value is -0.950. The molecule has 0 fully saturated rings. The van der Waals surface area contributed by atoms with Gasteiger partial charge in [0.05, 0.1) is 5.69 Å². The van der Waals surface area contributed by atoms with Crippen molar-refractivity contribution in [3.8, 4) is 5.75 Å². The summed E-state index contributed by atoms with van der Waals surface area (Å²) in [7, 11) is -2.68. The van der Waals surface area contributed by atoms with E-state index in [1.165, 1.54) is 0 Å². The van der Waals surface area contributed by atoms with E-state index in [1.807, 2.05) is 45.0 Å². The second-order valence-electron chi connectivity index (χ2n) is 4.74. The average Bonchev–Trinajstić information content (AvgIpc) is 2.31. The third-order valence-corrected chi connectivity index (χ3v) is 6.95. The highest BCUT2D eigenvalue weighted by molar-refractivity contribution is 7.61. The first-order valence-electron chi connectivity index (χ1n) is 6.20. The van der Waals surface area contributed by atoms with Crippen LogP contribution < -0.4 is 9.84 Å². The molecule has 2 rings (SSSR count). The zero-order valence-electron chi connectivity index (χ0n) is 10.7. The quantitative estimate of drug-likeness (QED) is 0.816. The van der Waals surface area contributed by atoms with Gasteiger partial charge in [-0.1, -0.05) is 26.0 Å². The summed E-state index contributed by atoms with van der Waals surface area (Å²) in [6.07, 6.45) is 2.29. The number of rotatable bonds is 3. The molecule has 0 radical (unpaired) electrons. The van der Waals surface area contributed by atoms with Crippen molar-refractivity contribution in [3.05, 3.63) is 24.3 Å².